The van der Waals surface area contributed by atoms with Crippen molar-refractivity contribution < 1.29 is 4.42 Å². The van der Waals surface area contributed by atoms with Crippen LogP contribution in [0.5, 0.6) is 0 Å². The molecule has 1 aromatic rings. The molecule has 1 heterocycles. The normalized spacial score (nSPS) is 11.8. The zero-order valence-electron chi connectivity index (χ0n) is 7.29. The molecule has 1 aromatic heterocycles. The molecule has 0 fully saturated rings. The van der Waals surface area contributed by atoms with E-state index in [1.165, 1.54) is 0 Å². The third-order valence-electron chi connectivity index (χ3n) is 1.60. The molecule has 4 heteroatoms. The summed E-state index contributed by atoms with van der Waals surface area (Å²) in [4.78, 5) is 3.91. The summed E-state index contributed by atoms with van der Waals surface area (Å²) in [6.07, 6.45) is 0.877. The second-order valence-electron chi connectivity index (χ2n) is 2.34. The van der Waals surface area contributed by atoms with Crippen LogP contribution in [0.3, 0.4) is 0 Å². The van der Waals surface area contributed by atoms with E-state index in [1.54, 1.807) is 7.05 Å². The van der Waals surface area contributed by atoms with Crippen LogP contribution >= 0.6 is 0 Å². The van der Waals surface area contributed by atoms with Gasteiger partial charge in [0.2, 0.25) is 0 Å². The summed E-state index contributed by atoms with van der Waals surface area (Å²) in [5.41, 5.74) is 2.46. The highest BCUT2D eigenvalue weighted by atomic mass is 16.3. The summed E-state index contributed by atoms with van der Waals surface area (Å²) in [5, 5.41) is 0. The minimum absolute atomic E-state index is 0.565. The van der Waals surface area contributed by atoms with Gasteiger partial charge in [-0.2, -0.15) is 0 Å². The van der Waals surface area contributed by atoms with Crippen molar-refractivity contribution in [3.63, 3.8) is 0 Å². The zero-order valence-corrected chi connectivity index (χ0v) is 7.29. The number of nitrogens with zero attached hydrogens (tertiary/aromatic N) is 1. The number of aryl methyl sites for hydroxylation is 1. The Hall–Kier alpha value is -1.29. The van der Waals surface area contributed by atoms with Gasteiger partial charge >= 0.3 is 0 Å². The Morgan fingerprint density at radius 2 is 2.42 bits per heavy atom. The maximum atomic E-state index is 5.40. The molecule has 0 atom stereocenters. The molecule has 0 saturated carbocycles. The fourth-order valence-corrected chi connectivity index (χ4v) is 0.941. The Balaban J connectivity index is 2.87. The number of hydrogen-bond donors (Lipinski definition) is 2. The minimum atomic E-state index is 0.565. The molecular formula is C8H13N3O. The van der Waals surface area contributed by atoms with Crippen LogP contribution in [0.4, 0.5) is 0 Å². The number of hydrazine groups is 1. The van der Waals surface area contributed by atoms with Gasteiger partial charge in [0.1, 0.15) is 5.76 Å². The van der Waals surface area contributed by atoms with E-state index in [0.717, 1.165) is 12.2 Å². The Kier molecular flexibility index (Phi) is 2.88. The Bertz CT molecular complexity index is 278. The summed E-state index contributed by atoms with van der Waals surface area (Å²) >= 11 is 0. The standard InChI is InChI=1S/C8H13N3O/c1-3-6-4-5-7(12-6)8(10-2)11-9/h4-5H,3,9H2,1-2H3,(H,10,11). The monoisotopic (exact) mass is 167 g/mol. The van der Waals surface area contributed by atoms with Gasteiger partial charge in [0.15, 0.2) is 11.6 Å². The van der Waals surface area contributed by atoms with E-state index < -0.39 is 0 Å². The van der Waals surface area contributed by atoms with Gasteiger partial charge < -0.3 is 9.84 Å². The molecule has 66 valence electrons. The molecular weight excluding hydrogens is 154 g/mol. The third kappa shape index (κ3) is 1.65. The van der Waals surface area contributed by atoms with Crippen LogP contribution in [0.2, 0.25) is 0 Å². The van der Waals surface area contributed by atoms with E-state index in [-0.39, 0.29) is 0 Å². The van der Waals surface area contributed by atoms with Crippen molar-refractivity contribution in [2.45, 2.75) is 13.3 Å². The van der Waals surface area contributed by atoms with Crippen LogP contribution in [0.15, 0.2) is 21.5 Å². The quantitative estimate of drug-likeness (QED) is 0.295. The first-order chi connectivity index (χ1) is 5.81. The molecule has 0 aliphatic rings. The zero-order chi connectivity index (χ0) is 8.97. The van der Waals surface area contributed by atoms with Crippen molar-refractivity contribution in [3.05, 3.63) is 23.7 Å². The van der Waals surface area contributed by atoms with Gasteiger partial charge in [0.25, 0.3) is 0 Å². The molecule has 4 nitrogen and oxygen atoms in total. The van der Waals surface area contributed by atoms with E-state index in [4.69, 9.17) is 10.3 Å². The van der Waals surface area contributed by atoms with E-state index in [1.807, 2.05) is 19.1 Å². The van der Waals surface area contributed by atoms with Gasteiger partial charge in [-0.05, 0) is 12.1 Å². The molecule has 3 N–H and O–H groups in total. The average molecular weight is 167 g/mol. The Labute approximate surface area is 71.4 Å². The van der Waals surface area contributed by atoms with Crippen molar-refractivity contribution in [2.75, 3.05) is 7.05 Å². The van der Waals surface area contributed by atoms with E-state index >= 15 is 0 Å². The SMILES string of the molecule is CCc1ccc(C(=NC)NN)o1. The molecule has 0 radical (unpaired) electrons. The highest BCUT2D eigenvalue weighted by Gasteiger charge is 2.05. The largest absolute Gasteiger partial charge is 0.458 e. The summed E-state index contributed by atoms with van der Waals surface area (Å²) in [6.45, 7) is 2.03. The lowest BCUT2D eigenvalue weighted by molar-refractivity contribution is 0.505. The van der Waals surface area contributed by atoms with Gasteiger partial charge in [-0.3, -0.25) is 4.99 Å². The first-order valence-electron chi connectivity index (χ1n) is 3.84. The number of rotatable bonds is 2. The third-order valence-corrected chi connectivity index (χ3v) is 1.60. The smallest absolute Gasteiger partial charge is 0.178 e. The van der Waals surface area contributed by atoms with Crippen LogP contribution < -0.4 is 11.3 Å². The van der Waals surface area contributed by atoms with Gasteiger partial charge in [-0.1, -0.05) is 6.92 Å². The number of amidine groups is 1. The highest BCUT2D eigenvalue weighted by Crippen LogP contribution is 2.07. The molecule has 0 aliphatic carbocycles. The fraction of sp³-hybridized carbons (Fsp3) is 0.375. The van der Waals surface area contributed by atoms with Gasteiger partial charge in [-0.25, -0.2) is 5.84 Å². The maximum absolute atomic E-state index is 5.40. The molecule has 0 spiro atoms. The van der Waals surface area contributed by atoms with Crippen LogP contribution in [0.1, 0.15) is 18.4 Å². The molecule has 0 saturated heterocycles. The Morgan fingerprint density at radius 3 is 2.83 bits per heavy atom. The highest BCUT2D eigenvalue weighted by molar-refractivity contribution is 5.95. The molecule has 12 heavy (non-hydrogen) atoms. The number of nitrogens with two attached hydrogens (primary N) is 1. The average Bonchev–Trinajstić information content (AvgIpc) is 2.55. The summed E-state index contributed by atoms with van der Waals surface area (Å²) in [5.74, 6) is 7.40. The summed E-state index contributed by atoms with van der Waals surface area (Å²) in [7, 11) is 1.66. The van der Waals surface area contributed by atoms with Crippen molar-refractivity contribution in [3.8, 4) is 0 Å². The molecule has 0 aromatic carbocycles. The summed E-state index contributed by atoms with van der Waals surface area (Å²) in [6, 6.07) is 3.76. The number of nitrogens with one attached hydrogen (secondary N) is 1. The van der Waals surface area contributed by atoms with Gasteiger partial charge in [0.05, 0.1) is 0 Å². The molecule has 0 amide bonds. The molecule has 1 rings (SSSR count). The van der Waals surface area contributed by atoms with E-state index in [0.29, 0.717) is 11.6 Å². The number of hydrogen-bond acceptors (Lipinski definition) is 3. The molecule has 0 aliphatic heterocycles. The lowest BCUT2D eigenvalue weighted by atomic mass is 10.3. The van der Waals surface area contributed by atoms with Gasteiger partial charge in [0, 0.05) is 13.5 Å². The molecule has 0 bridgehead atoms. The molecule has 0 unspecified atom stereocenters. The van der Waals surface area contributed by atoms with Crippen LogP contribution in [0, 0.1) is 0 Å². The van der Waals surface area contributed by atoms with Crippen LogP contribution in [-0.2, 0) is 6.42 Å². The van der Waals surface area contributed by atoms with Crippen LogP contribution in [-0.4, -0.2) is 12.9 Å². The summed E-state index contributed by atoms with van der Waals surface area (Å²) < 4.78 is 5.40. The van der Waals surface area contributed by atoms with E-state index in [2.05, 4.69) is 10.4 Å². The van der Waals surface area contributed by atoms with Crippen molar-refractivity contribution in [2.24, 2.45) is 10.8 Å². The number of furan rings is 1. The van der Waals surface area contributed by atoms with Gasteiger partial charge in [-0.15, -0.1) is 0 Å². The fourth-order valence-electron chi connectivity index (χ4n) is 0.941. The van der Waals surface area contributed by atoms with Crippen molar-refractivity contribution >= 4 is 5.84 Å². The Morgan fingerprint density at radius 1 is 1.67 bits per heavy atom. The second-order valence-corrected chi connectivity index (χ2v) is 2.34. The predicted molar refractivity (Wildman–Crippen MR) is 47.9 cm³/mol. The topological polar surface area (TPSA) is 63.5 Å². The second kappa shape index (κ2) is 3.92. The van der Waals surface area contributed by atoms with Crippen LogP contribution in [0.25, 0.3) is 0 Å². The maximum Gasteiger partial charge on any atom is 0.178 e. The lowest BCUT2D eigenvalue weighted by Crippen LogP contribution is -2.30. The van der Waals surface area contributed by atoms with E-state index in [9.17, 15) is 0 Å². The minimum Gasteiger partial charge on any atom is -0.458 e. The first kappa shape index (κ1) is 8.80. The first-order valence-corrected chi connectivity index (χ1v) is 3.84. The predicted octanol–water partition coefficient (Wildman–Crippen LogP) is 0.682. The number of aliphatic imine (C=N–C) groups is 1. The lowest BCUT2D eigenvalue weighted by Gasteiger charge is -1.98. The van der Waals surface area contributed by atoms with Crippen molar-refractivity contribution in [1.82, 2.24) is 5.43 Å². The van der Waals surface area contributed by atoms with Crippen molar-refractivity contribution in [1.29, 1.82) is 0 Å².